The Kier molecular flexibility index (Phi) is 12.2. The van der Waals surface area contributed by atoms with Gasteiger partial charge < -0.3 is 27.1 Å². The topological polar surface area (TPSA) is 91.7 Å². The van der Waals surface area contributed by atoms with Crippen molar-refractivity contribution in [1.82, 2.24) is 4.98 Å². The van der Waals surface area contributed by atoms with E-state index in [1.165, 1.54) is 12.5 Å². The molecular formula is C27H18F9N2O4PrS2-. The largest absolute Gasteiger partial charge is 0.504 e. The van der Waals surface area contributed by atoms with Gasteiger partial charge in [0.2, 0.25) is 0 Å². The van der Waals surface area contributed by atoms with Crippen LogP contribution in [-0.2, 0) is 5.67 Å². The van der Waals surface area contributed by atoms with Crippen molar-refractivity contribution in [3.8, 4) is 33.2 Å². The number of hydrogen-bond acceptors (Lipinski definition) is 7. The van der Waals surface area contributed by atoms with E-state index in [4.69, 9.17) is 9.84 Å². The number of ether oxygens (including phenoxy) is 1. The van der Waals surface area contributed by atoms with Gasteiger partial charge in [-0.2, -0.15) is 26.3 Å². The average Bonchev–Trinajstić information content (AvgIpc) is 3.40. The molecule has 4 rings (SSSR count). The third kappa shape index (κ3) is 7.46. The zero-order chi connectivity index (χ0) is 31.9. The predicted octanol–water partition coefficient (Wildman–Crippen LogP) is 9.03. The number of aromatic hydroxyl groups is 1. The number of methoxy groups -OCH3 is 1. The molecule has 18 heteroatoms. The van der Waals surface area contributed by atoms with Gasteiger partial charge in [0, 0.05) is 75.8 Å². The summed E-state index contributed by atoms with van der Waals surface area (Å²) in [7, 11) is 1.24. The number of nitrogens with one attached hydrogen (secondary N) is 1. The molecular weight excluding hydrogens is 792 g/mol. The Morgan fingerprint density at radius 1 is 0.956 bits per heavy atom. The molecule has 0 saturated carbocycles. The van der Waals surface area contributed by atoms with Gasteiger partial charge >= 0.3 is 24.0 Å². The number of carboxylic acid groups (broad SMARTS) is 1. The van der Waals surface area contributed by atoms with E-state index in [1.807, 2.05) is 0 Å². The number of thiazole rings is 1. The molecule has 0 amide bonds. The number of phenolic OH excluding ortho intramolecular Hbond substituents is 1. The smallest absolute Gasteiger partial charge is 0.435 e. The summed E-state index contributed by atoms with van der Waals surface area (Å²) in [5, 5.41) is 21.3. The van der Waals surface area contributed by atoms with E-state index in [9.17, 15) is 45.0 Å². The molecule has 4 aromatic rings. The fourth-order valence-corrected chi connectivity index (χ4v) is 5.44. The van der Waals surface area contributed by atoms with Crippen LogP contribution in [0, 0.1) is 60.4 Å². The molecule has 0 fully saturated rings. The molecule has 1 radical (unpaired) electrons. The van der Waals surface area contributed by atoms with Gasteiger partial charge in [-0.05, 0) is 23.8 Å². The average molecular weight is 810 g/mol. The molecule has 0 saturated heterocycles. The molecule has 0 aliphatic carbocycles. The molecule has 0 bridgehead atoms. The molecule has 6 nitrogen and oxygen atoms in total. The number of anilines is 1. The Morgan fingerprint density at radius 3 is 2.07 bits per heavy atom. The summed E-state index contributed by atoms with van der Waals surface area (Å²) in [6.07, 6.45) is -12.6. The molecule has 0 atom stereocenters. The van der Waals surface area contributed by atoms with Crippen molar-refractivity contribution in [2.24, 2.45) is 0 Å². The van der Waals surface area contributed by atoms with Crippen LogP contribution in [0.15, 0.2) is 58.9 Å². The van der Waals surface area contributed by atoms with Crippen LogP contribution in [0.5, 0.6) is 11.5 Å². The Hall–Kier alpha value is -2.76. The number of hydrogen-bond donors (Lipinski definition) is 3. The first-order valence-electron chi connectivity index (χ1n) is 11.4. The number of carbonyl (C=O) groups is 1. The van der Waals surface area contributed by atoms with Crippen LogP contribution in [0.25, 0.3) is 21.7 Å². The molecule has 1 aromatic heterocycles. The van der Waals surface area contributed by atoms with Crippen LogP contribution in [0.1, 0.15) is 15.9 Å². The standard InChI is InChI=1S/C26H15F9N2O4S2.CH3.Pr/c1-41-18-8-15(23(39)40)16(27)9-17(18)37-43-19-10-42-22(36-19)14-7-6-13(21(38)20(14)28)11-2-4-12(5-3-11)24(29,25(30,31)32)26(33,34)35;;/h2-10,37-38H,1H3,(H,39,40);1H3;/q;-1;. The summed E-state index contributed by atoms with van der Waals surface area (Å²) in [6, 6.07) is 6.02. The number of aromatic nitrogens is 1. The summed E-state index contributed by atoms with van der Waals surface area (Å²) in [5.74, 6) is -4.73. The second-order valence-corrected chi connectivity index (χ2v) is 10.3. The van der Waals surface area contributed by atoms with Gasteiger partial charge in [-0.3, -0.25) is 0 Å². The van der Waals surface area contributed by atoms with E-state index in [0.717, 1.165) is 47.6 Å². The number of carboxylic acids is 1. The van der Waals surface area contributed by atoms with Crippen LogP contribution < -0.4 is 9.46 Å². The third-order valence-corrected chi connectivity index (χ3v) is 7.75. The Balaban J connectivity index is 0.00000353. The molecule has 3 N–H and O–H groups in total. The van der Waals surface area contributed by atoms with Crippen molar-refractivity contribution in [3.63, 3.8) is 0 Å². The number of alkyl halides is 7. The molecule has 1 heterocycles. The maximum atomic E-state index is 15.2. The van der Waals surface area contributed by atoms with Gasteiger partial charge in [0.25, 0.3) is 0 Å². The molecule has 0 spiro atoms. The Bertz CT molecular complexity index is 1670. The van der Waals surface area contributed by atoms with E-state index in [-0.39, 0.29) is 99.0 Å². The monoisotopic (exact) mass is 810 g/mol. The number of phenols is 1. The SMILES string of the molecule is COc1cc(C(=O)O)c(F)cc1NSc1csc(-c2ccc(-c3ccc(C(F)(C(F)(F)F)C(F)(F)F)cc3)c(O)c2F)n1.[CH3-].[Pr]. The van der Waals surface area contributed by atoms with Crippen molar-refractivity contribution in [1.29, 1.82) is 0 Å². The fourth-order valence-electron chi connectivity index (χ4n) is 3.83. The van der Waals surface area contributed by atoms with Gasteiger partial charge in [0.1, 0.15) is 21.6 Å². The molecule has 0 aliphatic rings. The zero-order valence-electron chi connectivity index (χ0n) is 22.6. The van der Waals surface area contributed by atoms with E-state index in [1.54, 1.807) is 0 Å². The van der Waals surface area contributed by atoms with E-state index < -0.39 is 52.5 Å². The van der Waals surface area contributed by atoms with Crippen molar-refractivity contribution < 1.29 is 101 Å². The van der Waals surface area contributed by atoms with Gasteiger partial charge in [-0.15, -0.1) is 11.3 Å². The van der Waals surface area contributed by atoms with Crippen LogP contribution >= 0.6 is 23.3 Å². The number of rotatable bonds is 8. The first kappa shape index (κ1) is 38.4. The van der Waals surface area contributed by atoms with Crippen LogP contribution in [0.3, 0.4) is 0 Å². The second kappa shape index (κ2) is 14.3. The second-order valence-electron chi connectivity index (χ2n) is 8.59. The summed E-state index contributed by atoms with van der Waals surface area (Å²) in [4.78, 5) is 15.3. The van der Waals surface area contributed by atoms with Crippen LogP contribution in [0.4, 0.5) is 45.2 Å². The Labute approximate surface area is 290 Å². The molecule has 3 aromatic carbocycles. The molecule has 0 unspecified atom stereocenters. The summed E-state index contributed by atoms with van der Waals surface area (Å²) in [5.41, 5.74) is -8.65. The number of halogens is 9. The van der Waals surface area contributed by atoms with E-state index >= 15 is 4.39 Å². The van der Waals surface area contributed by atoms with Crippen molar-refractivity contribution >= 4 is 34.9 Å². The van der Waals surface area contributed by atoms with Crippen molar-refractivity contribution in [3.05, 3.63) is 84.1 Å². The minimum absolute atomic E-state index is 0. The third-order valence-electron chi connectivity index (χ3n) is 5.99. The normalized spacial score (nSPS) is 11.8. The van der Waals surface area contributed by atoms with Crippen LogP contribution in [-0.4, -0.2) is 40.6 Å². The zero-order valence-corrected chi connectivity index (χ0v) is 28.0. The summed E-state index contributed by atoms with van der Waals surface area (Å²) >= 11 is 1.77. The predicted molar refractivity (Wildman–Crippen MR) is 145 cm³/mol. The van der Waals surface area contributed by atoms with Gasteiger partial charge in [-0.25, -0.2) is 22.9 Å². The number of nitrogens with zero attached hydrogens (tertiary/aromatic N) is 1. The fraction of sp³-hybridized carbons (Fsp3) is 0.148. The minimum Gasteiger partial charge on any atom is -0.504 e. The maximum Gasteiger partial charge on any atom is 0.435 e. The summed E-state index contributed by atoms with van der Waals surface area (Å²) < 4.78 is 129. The van der Waals surface area contributed by atoms with Crippen LogP contribution in [0.2, 0.25) is 0 Å². The Morgan fingerprint density at radius 2 is 1.53 bits per heavy atom. The molecule has 45 heavy (non-hydrogen) atoms. The van der Waals surface area contributed by atoms with Crippen molar-refractivity contribution in [2.45, 2.75) is 23.0 Å². The summed E-state index contributed by atoms with van der Waals surface area (Å²) in [6.45, 7) is 0. The molecule has 0 aliphatic heterocycles. The van der Waals surface area contributed by atoms with E-state index in [0.29, 0.717) is 12.1 Å². The van der Waals surface area contributed by atoms with E-state index in [2.05, 4.69) is 9.71 Å². The van der Waals surface area contributed by atoms with Gasteiger partial charge in [0.05, 0.1) is 23.9 Å². The quantitative estimate of drug-likeness (QED) is 0.0930. The first-order chi connectivity index (χ1) is 20.0. The minimum atomic E-state index is -6.31. The maximum absolute atomic E-state index is 15.2. The first-order valence-corrected chi connectivity index (χ1v) is 13.1. The van der Waals surface area contributed by atoms with Gasteiger partial charge in [0.15, 0.2) is 11.6 Å². The molecule has 239 valence electrons. The number of benzene rings is 3. The van der Waals surface area contributed by atoms with Crippen molar-refractivity contribution in [2.75, 3.05) is 11.8 Å². The number of aromatic carboxylic acids is 1. The van der Waals surface area contributed by atoms with Gasteiger partial charge in [-0.1, -0.05) is 24.3 Å².